The van der Waals surface area contributed by atoms with Crippen LogP contribution in [0.25, 0.3) is 5.70 Å². The monoisotopic (exact) mass is 396 g/mol. The molecule has 1 aromatic rings. The molecule has 3 N–H and O–H groups in total. The van der Waals surface area contributed by atoms with Gasteiger partial charge in [-0.1, -0.05) is 6.58 Å². The average molecular weight is 397 g/mol. The Hall–Kier alpha value is -2.55. The zero-order valence-electron chi connectivity index (χ0n) is 16.0. The fourth-order valence-corrected chi connectivity index (χ4v) is 2.84. The van der Waals surface area contributed by atoms with E-state index in [1.807, 2.05) is 0 Å². The summed E-state index contributed by atoms with van der Waals surface area (Å²) in [5.41, 5.74) is 5.72. The Bertz CT molecular complexity index is 749. The maximum Gasteiger partial charge on any atom is 0.410 e. The van der Waals surface area contributed by atoms with E-state index in [0.29, 0.717) is 24.6 Å². The molecule has 1 saturated heterocycles. The maximum atomic E-state index is 12.5. The number of hydrogen-bond donors (Lipinski definition) is 2. The predicted molar refractivity (Wildman–Crippen MR) is 103 cm³/mol. The number of hydrogen-bond acceptors (Lipinski definition) is 7. The van der Waals surface area contributed by atoms with Crippen molar-refractivity contribution in [1.82, 2.24) is 20.2 Å². The van der Waals surface area contributed by atoms with Crippen molar-refractivity contribution in [2.45, 2.75) is 32.4 Å². The lowest BCUT2D eigenvalue weighted by Crippen LogP contribution is -2.60. The van der Waals surface area contributed by atoms with Gasteiger partial charge >= 0.3 is 6.09 Å². The number of likely N-dealkylation sites (N-methyl/N-ethyl adjacent to an activating group) is 1. The number of nitrogens with zero attached hydrogens (tertiary/aromatic N) is 4. The van der Waals surface area contributed by atoms with E-state index in [0.717, 1.165) is 0 Å². The summed E-state index contributed by atoms with van der Waals surface area (Å²) in [6, 6.07) is 0.953. The zero-order chi connectivity index (χ0) is 20.4. The Labute approximate surface area is 163 Å². The quantitative estimate of drug-likeness (QED) is 0.738. The number of rotatable bonds is 3. The highest BCUT2D eigenvalue weighted by Crippen LogP contribution is 2.23. The van der Waals surface area contributed by atoms with Crippen LogP contribution in [0.15, 0.2) is 12.6 Å². The largest absolute Gasteiger partial charge is 0.444 e. The third-order valence-corrected chi connectivity index (χ3v) is 4.06. The second-order valence-corrected chi connectivity index (χ2v) is 7.49. The van der Waals surface area contributed by atoms with Gasteiger partial charge in [-0.3, -0.25) is 4.79 Å². The summed E-state index contributed by atoms with van der Waals surface area (Å²) < 4.78 is 5.41. The van der Waals surface area contributed by atoms with Crippen LogP contribution in [0, 0.1) is 0 Å². The van der Waals surface area contributed by atoms with Gasteiger partial charge < -0.3 is 25.6 Å². The van der Waals surface area contributed by atoms with Gasteiger partial charge in [-0.25, -0.2) is 14.8 Å². The molecule has 0 saturated carbocycles. The normalized spacial score (nSPS) is 17.4. The van der Waals surface area contributed by atoms with Crippen LogP contribution in [0.3, 0.4) is 0 Å². The smallest absolute Gasteiger partial charge is 0.410 e. The number of halogens is 1. The highest BCUT2D eigenvalue weighted by molar-refractivity contribution is 6.28. The molecule has 148 valence electrons. The lowest BCUT2D eigenvalue weighted by atomic mass is 10.1. The van der Waals surface area contributed by atoms with E-state index in [4.69, 9.17) is 22.1 Å². The number of nitrogens with two attached hydrogens (primary N) is 1. The Kier molecular flexibility index (Phi) is 6.15. The molecule has 2 rings (SSSR count). The maximum absolute atomic E-state index is 12.5. The molecule has 10 heteroatoms. The number of aromatic nitrogens is 2. The van der Waals surface area contributed by atoms with E-state index < -0.39 is 17.7 Å². The number of carbonyl (C=O) groups excluding carboxylic acids is 2. The minimum absolute atomic E-state index is 0.000622. The van der Waals surface area contributed by atoms with Crippen molar-refractivity contribution in [2.24, 2.45) is 5.73 Å². The van der Waals surface area contributed by atoms with Gasteiger partial charge in [0.05, 0.1) is 17.9 Å². The summed E-state index contributed by atoms with van der Waals surface area (Å²) in [5, 5.41) is 2.62. The van der Waals surface area contributed by atoms with Crippen molar-refractivity contribution in [3.63, 3.8) is 0 Å². The van der Waals surface area contributed by atoms with E-state index in [1.54, 1.807) is 31.7 Å². The summed E-state index contributed by atoms with van der Waals surface area (Å²) in [4.78, 5) is 36.3. The lowest BCUT2D eigenvalue weighted by molar-refractivity contribution is -0.122. The SMILES string of the molecule is C=C(N)c1cc(N2CCN(C(=O)OC(C)(C)C)CC2C(=O)NC)nc(Cl)n1. The van der Waals surface area contributed by atoms with Gasteiger partial charge in [0.25, 0.3) is 0 Å². The average Bonchev–Trinajstić information content (AvgIpc) is 2.58. The topological polar surface area (TPSA) is 114 Å². The van der Waals surface area contributed by atoms with Gasteiger partial charge in [-0.15, -0.1) is 0 Å². The van der Waals surface area contributed by atoms with Crippen molar-refractivity contribution < 1.29 is 14.3 Å². The first-order chi connectivity index (χ1) is 12.5. The summed E-state index contributed by atoms with van der Waals surface area (Å²) >= 11 is 6.00. The van der Waals surface area contributed by atoms with Gasteiger partial charge in [0.2, 0.25) is 11.2 Å². The third-order valence-electron chi connectivity index (χ3n) is 3.89. The molecule has 1 unspecified atom stereocenters. The first kappa shape index (κ1) is 20.8. The molecular weight excluding hydrogens is 372 g/mol. The molecular formula is C17H25ClN6O3. The van der Waals surface area contributed by atoms with Crippen LogP contribution in [-0.4, -0.2) is 65.2 Å². The van der Waals surface area contributed by atoms with E-state index in [1.165, 1.54) is 11.9 Å². The molecule has 1 aromatic heterocycles. The second-order valence-electron chi connectivity index (χ2n) is 7.16. The number of amides is 2. The van der Waals surface area contributed by atoms with Gasteiger partial charge in [0.15, 0.2) is 0 Å². The van der Waals surface area contributed by atoms with Crippen LogP contribution in [0.5, 0.6) is 0 Å². The molecule has 0 aliphatic carbocycles. The van der Waals surface area contributed by atoms with E-state index >= 15 is 0 Å². The molecule has 1 atom stereocenters. The standard InChI is InChI=1S/C17H25ClN6O3/c1-10(19)11-8-13(22-15(18)21-11)24-7-6-23(9-12(24)14(25)20-5)16(26)27-17(2,3)4/h8,12H,1,6-7,9,19H2,2-5H3,(H,20,25). The molecule has 1 aliphatic heterocycles. The summed E-state index contributed by atoms with van der Waals surface area (Å²) in [7, 11) is 1.53. The third kappa shape index (κ3) is 5.22. The van der Waals surface area contributed by atoms with Crippen LogP contribution in [0.1, 0.15) is 26.5 Å². The molecule has 2 heterocycles. The highest BCUT2D eigenvalue weighted by Gasteiger charge is 2.36. The van der Waals surface area contributed by atoms with Crippen LogP contribution in [0.4, 0.5) is 10.6 Å². The second kappa shape index (κ2) is 7.99. The Morgan fingerprint density at radius 3 is 2.59 bits per heavy atom. The Morgan fingerprint density at radius 2 is 2.04 bits per heavy atom. The van der Waals surface area contributed by atoms with Crippen LogP contribution >= 0.6 is 11.6 Å². The number of carbonyl (C=O) groups is 2. The highest BCUT2D eigenvalue weighted by atomic mass is 35.5. The van der Waals surface area contributed by atoms with Gasteiger partial charge in [-0.05, 0) is 32.4 Å². The predicted octanol–water partition coefficient (Wildman–Crippen LogP) is 1.23. The molecule has 0 aromatic carbocycles. The van der Waals surface area contributed by atoms with Gasteiger partial charge in [-0.2, -0.15) is 0 Å². The van der Waals surface area contributed by atoms with Crippen molar-refractivity contribution in [2.75, 3.05) is 31.6 Å². The first-order valence-electron chi connectivity index (χ1n) is 8.47. The number of anilines is 1. The van der Waals surface area contributed by atoms with E-state index in [-0.39, 0.29) is 23.4 Å². The Morgan fingerprint density at radius 1 is 1.37 bits per heavy atom. The molecule has 0 spiro atoms. The fraction of sp³-hybridized carbons (Fsp3) is 0.529. The van der Waals surface area contributed by atoms with Crippen LogP contribution in [-0.2, 0) is 9.53 Å². The molecule has 1 aliphatic rings. The minimum Gasteiger partial charge on any atom is -0.444 e. The van der Waals surface area contributed by atoms with E-state index in [2.05, 4.69) is 21.9 Å². The van der Waals surface area contributed by atoms with Crippen molar-refractivity contribution in [3.05, 3.63) is 23.6 Å². The number of ether oxygens (including phenoxy) is 1. The summed E-state index contributed by atoms with van der Waals surface area (Å²) in [6.45, 7) is 9.91. The van der Waals surface area contributed by atoms with Gasteiger partial charge in [0.1, 0.15) is 17.5 Å². The van der Waals surface area contributed by atoms with Crippen LogP contribution < -0.4 is 16.0 Å². The van der Waals surface area contributed by atoms with Crippen molar-refractivity contribution in [1.29, 1.82) is 0 Å². The molecule has 9 nitrogen and oxygen atoms in total. The lowest BCUT2D eigenvalue weighted by Gasteiger charge is -2.41. The zero-order valence-corrected chi connectivity index (χ0v) is 16.7. The van der Waals surface area contributed by atoms with Crippen molar-refractivity contribution >= 4 is 35.1 Å². The summed E-state index contributed by atoms with van der Waals surface area (Å²) in [5.74, 6) is 0.181. The summed E-state index contributed by atoms with van der Waals surface area (Å²) in [6.07, 6.45) is -0.465. The number of piperazine rings is 1. The number of nitrogens with one attached hydrogen (secondary N) is 1. The fourth-order valence-electron chi connectivity index (χ4n) is 2.66. The molecule has 2 amide bonds. The Balaban J connectivity index is 2.29. The molecule has 0 radical (unpaired) electrons. The van der Waals surface area contributed by atoms with Crippen molar-refractivity contribution in [3.8, 4) is 0 Å². The molecule has 0 bridgehead atoms. The minimum atomic E-state index is -0.666. The molecule has 27 heavy (non-hydrogen) atoms. The van der Waals surface area contributed by atoms with Gasteiger partial charge in [0, 0.05) is 26.2 Å². The van der Waals surface area contributed by atoms with E-state index in [9.17, 15) is 9.59 Å². The first-order valence-corrected chi connectivity index (χ1v) is 8.85. The molecule has 1 fully saturated rings. The van der Waals surface area contributed by atoms with Crippen LogP contribution in [0.2, 0.25) is 5.28 Å².